The summed E-state index contributed by atoms with van der Waals surface area (Å²) in [4.78, 5) is 15.0. The molecular weight excluding hydrogens is 454 g/mol. The van der Waals surface area contributed by atoms with Crippen molar-refractivity contribution in [2.24, 2.45) is 5.10 Å². The number of hydrazone groups is 1. The van der Waals surface area contributed by atoms with Gasteiger partial charge in [0.2, 0.25) is 11.6 Å². The highest BCUT2D eigenvalue weighted by Crippen LogP contribution is 2.26. The van der Waals surface area contributed by atoms with Crippen LogP contribution in [0.15, 0.2) is 58.3 Å². The Kier molecular flexibility index (Phi) is 6.57. The number of para-hydroxylation sites is 1. The van der Waals surface area contributed by atoms with Crippen LogP contribution in [0.3, 0.4) is 0 Å². The van der Waals surface area contributed by atoms with Crippen molar-refractivity contribution < 1.29 is 19.3 Å². The van der Waals surface area contributed by atoms with Crippen molar-refractivity contribution in [2.45, 2.75) is 13.5 Å². The maximum atomic E-state index is 13.1. The number of methoxy groups -OCH3 is 1. The molecule has 13 nitrogen and oxygen atoms in total. The summed E-state index contributed by atoms with van der Waals surface area (Å²) >= 11 is 0. The van der Waals surface area contributed by atoms with E-state index in [9.17, 15) is 9.90 Å². The second-order valence-electron chi connectivity index (χ2n) is 7.49. The van der Waals surface area contributed by atoms with E-state index in [0.29, 0.717) is 17.0 Å². The molecule has 0 aliphatic carbocycles. The predicted molar refractivity (Wildman–Crippen MR) is 127 cm³/mol. The molecule has 0 spiro atoms. The quantitative estimate of drug-likeness (QED) is 0.251. The SMILES string of the molecule is COc1cc(C(C)=NNC(=O)c2nnn(-c3nonc3N)c2CN(C)c2ccccc2)ccc1O. The van der Waals surface area contributed by atoms with Crippen LogP contribution in [-0.2, 0) is 6.54 Å². The summed E-state index contributed by atoms with van der Waals surface area (Å²) < 4.78 is 11.1. The van der Waals surface area contributed by atoms with E-state index in [-0.39, 0.29) is 35.4 Å². The molecule has 2 heterocycles. The zero-order chi connectivity index (χ0) is 24.9. The van der Waals surface area contributed by atoms with E-state index >= 15 is 0 Å². The van der Waals surface area contributed by atoms with Crippen LogP contribution in [-0.4, -0.2) is 56.2 Å². The lowest BCUT2D eigenvalue weighted by Crippen LogP contribution is -2.25. The van der Waals surface area contributed by atoms with Crippen molar-refractivity contribution in [1.82, 2.24) is 30.7 Å². The number of ether oxygens (including phenoxy) is 1. The molecule has 0 saturated heterocycles. The molecular formula is C22H23N9O4. The van der Waals surface area contributed by atoms with Gasteiger partial charge >= 0.3 is 0 Å². The molecule has 180 valence electrons. The molecule has 4 rings (SSSR count). The van der Waals surface area contributed by atoms with Crippen LogP contribution in [0.25, 0.3) is 5.82 Å². The second kappa shape index (κ2) is 9.91. The Labute approximate surface area is 199 Å². The predicted octanol–water partition coefficient (Wildman–Crippen LogP) is 1.74. The van der Waals surface area contributed by atoms with E-state index in [4.69, 9.17) is 15.1 Å². The number of phenols is 1. The highest BCUT2D eigenvalue weighted by Gasteiger charge is 2.25. The summed E-state index contributed by atoms with van der Waals surface area (Å²) in [5, 5.41) is 29.4. The number of nitrogens with one attached hydrogen (secondary N) is 1. The Hall–Kier alpha value is -4.94. The van der Waals surface area contributed by atoms with Crippen LogP contribution in [0.5, 0.6) is 11.5 Å². The molecule has 0 saturated carbocycles. The molecule has 2 aromatic heterocycles. The van der Waals surface area contributed by atoms with Gasteiger partial charge < -0.3 is 20.5 Å². The fourth-order valence-electron chi connectivity index (χ4n) is 3.28. The van der Waals surface area contributed by atoms with Crippen LogP contribution < -0.4 is 20.8 Å². The van der Waals surface area contributed by atoms with Gasteiger partial charge in [0.15, 0.2) is 17.2 Å². The molecule has 35 heavy (non-hydrogen) atoms. The van der Waals surface area contributed by atoms with Crippen LogP contribution in [0.4, 0.5) is 11.5 Å². The highest BCUT2D eigenvalue weighted by molar-refractivity contribution is 6.01. The number of anilines is 2. The number of nitrogen functional groups attached to an aromatic ring is 1. The number of rotatable bonds is 8. The van der Waals surface area contributed by atoms with Crippen molar-refractivity contribution in [1.29, 1.82) is 0 Å². The number of nitrogens with two attached hydrogens (primary N) is 1. The lowest BCUT2D eigenvalue weighted by atomic mass is 10.1. The zero-order valence-corrected chi connectivity index (χ0v) is 19.2. The lowest BCUT2D eigenvalue weighted by molar-refractivity contribution is 0.0948. The van der Waals surface area contributed by atoms with Crippen LogP contribution in [0, 0.1) is 0 Å². The van der Waals surface area contributed by atoms with Gasteiger partial charge in [0.25, 0.3) is 5.91 Å². The molecule has 0 unspecified atom stereocenters. The first-order valence-electron chi connectivity index (χ1n) is 10.4. The third-order valence-corrected chi connectivity index (χ3v) is 5.18. The molecule has 0 atom stereocenters. The summed E-state index contributed by atoms with van der Waals surface area (Å²) in [6, 6.07) is 14.3. The normalized spacial score (nSPS) is 11.3. The zero-order valence-electron chi connectivity index (χ0n) is 19.2. The molecule has 0 radical (unpaired) electrons. The van der Waals surface area contributed by atoms with Crippen molar-refractivity contribution in [2.75, 3.05) is 24.8 Å². The molecule has 0 fully saturated rings. The van der Waals surface area contributed by atoms with Gasteiger partial charge in [0, 0.05) is 18.3 Å². The van der Waals surface area contributed by atoms with Gasteiger partial charge in [0.05, 0.1) is 25.1 Å². The van der Waals surface area contributed by atoms with Gasteiger partial charge in [0.1, 0.15) is 0 Å². The minimum absolute atomic E-state index is 0.000570. The van der Waals surface area contributed by atoms with E-state index in [1.807, 2.05) is 42.3 Å². The molecule has 4 aromatic rings. The molecule has 2 aromatic carbocycles. The van der Waals surface area contributed by atoms with E-state index in [2.05, 4.69) is 31.2 Å². The first-order chi connectivity index (χ1) is 16.9. The number of hydrogen-bond acceptors (Lipinski definition) is 11. The maximum Gasteiger partial charge on any atom is 0.293 e. The highest BCUT2D eigenvalue weighted by atomic mass is 16.6. The van der Waals surface area contributed by atoms with Gasteiger partial charge in [-0.25, -0.2) is 10.1 Å². The number of amides is 1. The van der Waals surface area contributed by atoms with Crippen LogP contribution in [0.2, 0.25) is 0 Å². The van der Waals surface area contributed by atoms with Crippen molar-refractivity contribution in [3.8, 4) is 17.3 Å². The van der Waals surface area contributed by atoms with Gasteiger partial charge in [-0.2, -0.15) is 9.78 Å². The van der Waals surface area contributed by atoms with Gasteiger partial charge in [-0.15, -0.1) is 5.10 Å². The minimum atomic E-state index is -0.590. The van der Waals surface area contributed by atoms with Gasteiger partial charge in [-0.05, 0) is 47.6 Å². The Morgan fingerprint density at radius 1 is 1.26 bits per heavy atom. The molecule has 13 heteroatoms. The first-order valence-corrected chi connectivity index (χ1v) is 10.4. The van der Waals surface area contributed by atoms with E-state index in [0.717, 1.165) is 5.69 Å². The molecule has 0 aliphatic rings. The van der Waals surface area contributed by atoms with E-state index < -0.39 is 5.91 Å². The number of carbonyl (C=O) groups is 1. The number of nitrogens with zero attached hydrogens (tertiary/aromatic N) is 7. The van der Waals surface area contributed by atoms with Crippen LogP contribution in [0.1, 0.15) is 28.7 Å². The van der Waals surface area contributed by atoms with E-state index in [1.165, 1.54) is 17.9 Å². The summed E-state index contributed by atoms with van der Waals surface area (Å²) in [7, 11) is 3.31. The Morgan fingerprint density at radius 2 is 2.03 bits per heavy atom. The summed E-state index contributed by atoms with van der Waals surface area (Å²) in [6.45, 7) is 1.94. The van der Waals surface area contributed by atoms with Crippen molar-refractivity contribution >= 4 is 23.1 Å². The Bertz CT molecular complexity index is 1360. The fraction of sp³-hybridized carbons (Fsp3) is 0.182. The monoisotopic (exact) mass is 477 g/mol. The summed E-state index contributed by atoms with van der Waals surface area (Å²) in [5.41, 5.74) is 10.8. The number of carbonyl (C=O) groups excluding carboxylic acids is 1. The Morgan fingerprint density at radius 3 is 2.71 bits per heavy atom. The molecule has 4 N–H and O–H groups in total. The molecule has 1 amide bonds. The van der Waals surface area contributed by atoms with Gasteiger partial charge in [-0.3, -0.25) is 4.79 Å². The Balaban J connectivity index is 1.63. The number of benzene rings is 2. The topological polar surface area (TPSA) is 170 Å². The molecule has 0 bridgehead atoms. The second-order valence-corrected chi connectivity index (χ2v) is 7.49. The number of aromatic hydroxyl groups is 1. The third kappa shape index (κ3) is 4.88. The number of hydrogen-bond donors (Lipinski definition) is 3. The average Bonchev–Trinajstić information content (AvgIpc) is 3.48. The smallest absolute Gasteiger partial charge is 0.293 e. The molecule has 0 aliphatic heterocycles. The standard InChI is InChI=1S/C22H23N9O4/c1-13(14-9-10-17(32)18(11-14)34-3)24-26-22(33)19-16(12-30(2)15-7-5-4-6-8-15)31(29-25-19)21-20(23)27-35-28-21/h4-11,32H,12H2,1-3H3,(H2,23,27)(H,26,33). The minimum Gasteiger partial charge on any atom is -0.504 e. The summed E-state index contributed by atoms with van der Waals surface area (Å²) in [5.74, 6) is -0.188. The van der Waals surface area contributed by atoms with Crippen molar-refractivity contribution in [3.63, 3.8) is 0 Å². The van der Waals surface area contributed by atoms with Crippen molar-refractivity contribution in [3.05, 3.63) is 65.5 Å². The van der Waals surface area contributed by atoms with Crippen LogP contribution >= 0.6 is 0 Å². The third-order valence-electron chi connectivity index (χ3n) is 5.18. The fourth-order valence-corrected chi connectivity index (χ4v) is 3.28. The average molecular weight is 477 g/mol. The number of phenolic OH excluding ortho intramolecular Hbond substituents is 1. The largest absolute Gasteiger partial charge is 0.504 e. The lowest BCUT2D eigenvalue weighted by Gasteiger charge is -2.19. The van der Waals surface area contributed by atoms with E-state index in [1.54, 1.807) is 19.1 Å². The first kappa shape index (κ1) is 23.2. The summed E-state index contributed by atoms with van der Waals surface area (Å²) in [6.07, 6.45) is 0. The maximum absolute atomic E-state index is 13.1. The number of aromatic nitrogens is 5. The van der Waals surface area contributed by atoms with Gasteiger partial charge in [-0.1, -0.05) is 23.4 Å².